The van der Waals surface area contributed by atoms with Gasteiger partial charge in [-0.15, -0.1) is 0 Å². The Morgan fingerprint density at radius 3 is 2.80 bits per heavy atom. The summed E-state index contributed by atoms with van der Waals surface area (Å²) in [6, 6.07) is 0. The molecule has 0 aromatic rings. The van der Waals surface area contributed by atoms with Crippen molar-refractivity contribution in [3.8, 4) is 0 Å². The molecular formula is C6H11BO3. The molecule has 1 rings (SSSR count). The highest BCUT2D eigenvalue weighted by Crippen LogP contribution is 2.17. The van der Waals surface area contributed by atoms with Crippen LogP contribution in [0.2, 0.25) is 0 Å². The van der Waals surface area contributed by atoms with Gasteiger partial charge in [0.25, 0.3) is 0 Å². The van der Waals surface area contributed by atoms with Crippen LogP contribution in [0.3, 0.4) is 0 Å². The van der Waals surface area contributed by atoms with Gasteiger partial charge in [-0.25, -0.2) is 0 Å². The van der Waals surface area contributed by atoms with Crippen LogP contribution >= 0.6 is 0 Å². The fraction of sp³-hybridized carbons (Fsp3) is 0.667. The Morgan fingerprint density at radius 2 is 2.40 bits per heavy atom. The van der Waals surface area contributed by atoms with E-state index in [1.165, 1.54) is 5.98 Å². The molecule has 0 amide bonds. The summed E-state index contributed by atoms with van der Waals surface area (Å²) in [4.78, 5) is 0. The van der Waals surface area contributed by atoms with Crippen molar-refractivity contribution >= 4 is 7.12 Å². The standard InChI is InChI=1S/C6H11BO3/c1-5-2-6(4-10-5)3-7(8)9/h3,5,8-9H,2,4H2,1H3/b6-3+. The van der Waals surface area contributed by atoms with Gasteiger partial charge >= 0.3 is 7.12 Å². The van der Waals surface area contributed by atoms with E-state index >= 15 is 0 Å². The molecule has 1 aliphatic heterocycles. The minimum atomic E-state index is -1.33. The molecule has 1 fully saturated rings. The zero-order valence-corrected chi connectivity index (χ0v) is 5.95. The maximum Gasteiger partial charge on any atom is 0.480 e. The molecule has 0 aromatic carbocycles. The van der Waals surface area contributed by atoms with E-state index in [0.717, 1.165) is 12.0 Å². The molecule has 0 aliphatic carbocycles. The zero-order valence-electron chi connectivity index (χ0n) is 5.95. The first-order valence-electron chi connectivity index (χ1n) is 3.36. The lowest BCUT2D eigenvalue weighted by Gasteiger charge is -1.94. The van der Waals surface area contributed by atoms with Gasteiger partial charge in [-0.3, -0.25) is 0 Å². The summed E-state index contributed by atoms with van der Waals surface area (Å²) in [5.74, 6) is 1.42. The van der Waals surface area contributed by atoms with Crippen LogP contribution in [0.25, 0.3) is 0 Å². The van der Waals surface area contributed by atoms with Crippen molar-refractivity contribution in [1.82, 2.24) is 0 Å². The summed E-state index contributed by atoms with van der Waals surface area (Å²) in [5, 5.41) is 17.0. The van der Waals surface area contributed by atoms with Gasteiger partial charge in [-0.05, 0) is 18.9 Å². The van der Waals surface area contributed by atoms with Crippen LogP contribution < -0.4 is 0 Å². The number of hydrogen-bond donors (Lipinski definition) is 2. The van der Waals surface area contributed by atoms with Crippen molar-refractivity contribution in [2.45, 2.75) is 19.4 Å². The molecule has 4 heteroatoms. The molecule has 0 bridgehead atoms. The van der Waals surface area contributed by atoms with Crippen LogP contribution in [0.1, 0.15) is 13.3 Å². The molecule has 0 saturated carbocycles. The highest BCUT2D eigenvalue weighted by molar-refractivity contribution is 6.47. The second-order valence-corrected chi connectivity index (χ2v) is 2.56. The third-order valence-electron chi connectivity index (χ3n) is 1.49. The van der Waals surface area contributed by atoms with E-state index in [1.54, 1.807) is 0 Å². The highest BCUT2D eigenvalue weighted by atomic mass is 16.5. The van der Waals surface area contributed by atoms with Crippen molar-refractivity contribution in [2.24, 2.45) is 0 Å². The van der Waals surface area contributed by atoms with Crippen molar-refractivity contribution in [3.05, 3.63) is 11.5 Å². The summed E-state index contributed by atoms with van der Waals surface area (Å²) in [6.07, 6.45) is 1.04. The first kappa shape index (κ1) is 7.79. The molecule has 10 heavy (non-hydrogen) atoms. The predicted molar refractivity (Wildman–Crippen MR) is 38.3 cm³/mol. The Morgan fingerprint density at radius 1 is 1.70 bits per heavy atom. The average molecular weight is 142 g/mol. The molecule has 0 aromatic heterocycles. The summed E-state index contributed by atoms with van der Waals surface area (Å²) in [6.45, 7) is 2.50. The molecule has 1 unspecified atom stereocenters. The molecule has 1 aliphatic rings. The second kappa shape index (κ2) is 3.19. The maximum absolute atomic E-state index is 8.52. The summed E-state index contributed by atoms with van der Waals surface area (Å²) in [5.41, 5.74) is 0.975. The van der Waals surface area contributed by atoms with Gasteiger partial charge in [0.2, 0.25) is 0 Å². The van der Waals surface area contributed by atoms with E-state index in [1.807, 2.05) is 6.92 Å². The van der Waals surface area contributed by atoms with Crippen LogP contribution in [0.15, 0.2) is 11.5 Å². The monoisotopic (exact) mass is 142 g/mol. The quantitative estimate of drug-likeness (QED) is 0.495. The Bertz CT molecular complexity index is 144. The van der Waals surface area contributed by atoms with Crippen LogP contribution in [0.5, 0.6) is 0 Å². The largest absolute Gasteiger partial charge is 0.480 e. The Labute approximate surface area is 60.5 Å². The molecule has 1 saturated heterocycles. The first-order valence-corrected chi connectivity index (χ1v) is 3.36. The molecule has 1 atom stereocenters. The van der Waals surface area contributed by atoms with Crippen molar-refractivity contribution in [1.29, 1.82) is 0 Å². The van der Waals surface area contributed by atoms with Crippen LogP contribution in [-0.4, -0.2) is 29.9 Å². The van der Waals surface area contributed by atoms with E-state index in [-0.39, 0.29) is 6.10 Å². The smallest absolute Gasteiger partial charge is 0.424 e. The minimum absolute atomic E-state index is 0.227. The van der Waals surface area contributed by atoms with Crippen molar-refractivity contribution < 1.29 is 14.8 Å². The topological polar surface area (TPSA) is 49.7 Å². The average Bonchev–Trinajstić information content (AvgIpc) is 2.13. The fourth-order valence-corrected chi connectivity index (χ4v) is 1.06. The van der Waals surface area contributed by atoms with Crippen LogP contribution in [-0.2, 0) is 4.74 Å². The fourth-order valence-electron chi connectivity index (χ4n) is 1.06. The summed E-state index contributed by atoms with van der Waals surface area (Å²) in [7, 11) is -1.33. The Hall–Kier alpha value is -0.315. The number of hydrogen-bond acceptors (Lipinski definition) is 3. The third-order valence-corrected chi connectivity index (χ3v) is 1.49. The van der Waals surface area contributed by atoms with Gasteiger partial charge in [-0.1, -0.05) is 5.98 Å². The van der Waals surface area contributed by atoms with Crippen molar-refractivity contribution in [2.75, 3.05) is 6.61 Å². The second-order valence-electron chi connectivity index (χ2n) is 2.56. The molecule has 3 nitrogen and oxygen atoms in total. The predicted octanol–water partition coefficient (Wildman–Crippen LogP) is -0.266. The lowest BCUT2D eigenvalue weighted by Crippen LogP contribution is -2.07. The van der Waals surface area contributed by atoms with Crippen LogP contribution in [0.4, 0.5) is 0 Å². The third kappa shape index (κ3) is 2.13. The molecule has 0 spiro atoms. The minimum Gasteiger partial charge on any atom is -0.424 e. The maximum atomic E-state index is 8.52. The van der Waals surface area contributed by atoms with Gasteiger partial charge in [-0.2, -0.15) is 0 Å². The van der Waals surface area contributed by atoms with Gasteiger partial charge < -0.3 is 14.8 Å². The van der Waals surface area contributed by atoms with Gasteiger partial charge in [0.15, 0.2) is 0 Å². The number of ether oxygens (including phenoxy) is 1. The molecule has 2 N–H and O–H groups in total. The normalized spacial score (nSPS) is 29.5. The Balaban J connectivity index is 2.43. The lowest BCUT2D eigenvalue weighted by molar-refractivity contribution is 0.128. The first-order chi connectivity index (χ1) is 4.68. The summed E-state index contributed by atoms with van der Waals surface area (Å²) < 4.78 is 5.18. The molecule has 1 heterocycles. The van der Waals surface area contributed by atoms with Gasteiger partial charge in [0.1, 0.15) is 0 Å². The SMILES string of the molecule is CC1C/C(=C\B(O)O)CO1. The van der Waals surface area contributed by atoms with E-state index in [4.69, 9.17) is 14.8 Å². The molecular weight excluding hydrogens is 131 g/mol. The van der Waals surface area contributed by atoms with E-state index in [0.29, 0.717) is 6.61 Å². The Kier molecular flexibility index (Phi) is 2.48. The summed E-state index contributed by atoms with van der Waals surface area (Å²) >= 11 is 0. The van der Waals surface area contributed by atoms with Gasteiger partial charge in [0.05, 0.1) is 12.7 Å². The van der Waals surface area contributed by atoms with Crippen molar-refractivity contribution in [3.63, 3.8) is 0 Å². The van der Waals surface area contributed by atoms with E-state index in [9.17, 15) is 0 Å². The van der Waals surface area contributed by atoms with Gasteiger partial charge in [0, 0.05) is 0 Å². The lowest BCUT2D eigenvalue weighted by atomic mass is 9.88. The van der Waals surface area contributed by atoms with E-state index in [2.05, 4.69) is 0 Å². The number of rotatable bonds is 1. The van der Waals surface area contributed by atoms with E-state index < -0.39 is 7.12 Å². The van der Waals surface area contributed by atoms with Crippen LogP contribution in [0, 0.1) is 0 Å². The zero-order chi connectivity index (χ0) is 7.56. The highest BCUT2D eigenvalue weighted by Gasteiger charge is 2.16. The molecule has 56 valence electrons. The molecule has 0 radical (unpaired) electrons.